The van der Waals surface area contributed by atoms with Gasteiger partial charge in [0.15, 0.2) is 6.10 Å². The molecule has 0 radical (unpaired) electrons. The topological polar surface area (TPSA) is 65.1 Å². The van der Waals surface area contributed by atoms with Crippen LogP contribution in [-0.4, -0.2) is 55.1 Å². The molecule has 0 aliphatic carbocycles. The number of amides is 1. The third kappa shape index (κ3) is 6.71. The van der Waals surface area contributed by atoms with Gasteiger partial charge in [-0.25, -0.2) is 4.79 Å². The number of hydrogen-bond acceptors (Lipinski definition) is 5. The lowest BCUT2D eigenvalue weighted by Crippen LogP contribution is -2.53. The number of rotatable bonds is 2. The molecule has 6 nitrogen and oxygen atoms in total. The van der Waals surface area contributed by atoms with Crippen molar-refractivity contribution in [2.24, 2.45) is 0 Å². The van der Waals surface area contributed by atoms with Crippen LogP contribution in [-0.2, 0) is 19.0 Å². The van der Waals surface area contributed by atoms with Gasteiger partial charge in [-0.15, -0.1) is 5.54 Å². The summed E-state index contributed by atoms with van der Waals surface area (Å²) in [4.78, 5) is 25.8. The Morgan fingerprint density at radius 1 is 1.28 bits per heavy atom. The minimum Gasteiger partial charge on any atom is -0.447 e. The van der Waals surface area contributed by atoms with Crippen LogP contribution in [0.1, 0.15) is 41.5 Å². The maximum absolute atomic E-state index is 12.7. The molecule has 25 heavy (non-hydrogen) atoms. The Labute approximate surface area is 152 Å². The molecule has 0 spiro atoms. The van der Waals surface area contributed by atoms with E-state index in [4.69, 9.17) is 14.2 Å². The standard InChI is InChI=1S/C18H31NO5Si/c1-13(20)23-15(10-11-25(7,8)9)14-12-22-18(5,6)19(14)16(21)24-17(2,3)4/h14-15H,12H2,1-9H3. The predicted molar refractivity (Wildman–Crippen MR) is 98.6 cm³/mol. The lowest BCUT2D eigenvalue weighted by Gasteiger charge is -2.36. The number of nitrogens with zero attached hydrogens (tertiary/aromatic N) is 1. The Balaban J connectivity index is 3.19. The third-order valence-electron chi connectivity index (χ3n) is 3.34. The SMILES string of the molecule is CC(=O)OC(C#C[Si](C)(C)C)C1COC(C)(C)N1C(=O)OC(C)(C)C. The van der Waals surface area contributed by atoms with Crippen molar-refractivity contribution < 1.29 is 23.8 Å². The van der Waals surface area contributed by atoms with E-state index in [1.54, 1.807) is 34.6 Å². The molecule has 7 heteroatoms. The second-order valence-corrected chi connectivity index (χ2v) is 13.5. The maximum atomic E-state index is 12.7. The van der Waals surface area contributed by atoms with Crippen molar-refractivity contribution in [1.29, 1.82) is 0 Å². The molecule has 2 unspecified atom stereocenters. The van der Waals surface area contributed by atoms with Gasteiger partial charge in [0.25, 0.3) is 0 Å². The lowest BCUT2D eigenvalue weighted by atomic mass is 10.1. The van der Waals surface area contributed by atoms with Crippen molar-refractivity contribution in [1.82, 2.24) is 4.90 Å². The van der Waals surface area contributed by atoms with Crippen LogP contribution >= 0.6 is 0 Å². The average Bonchev–Trinajstić information content (AvgIpc) is 2.66. The summed E-state index contributed by atoms with van der Waals surface area (Å²) in [5.74, 6) is 2.62. The fourth-order valence-electron chi connectivity index (χ4n) is 2.39. The Bertz CT molecular complexity index is 577. The smallest absolute Gasteiger partial charge is 0.413 e. The van der Waals surface area contributed by atoms with E-state index in [0.717, 1.165) is 0 Å². The monoisotopic (exact) mass is 369 g/mol. The summed E-state index contributed by atoms with van der Waals surface area (Å²) in [7, 11) is -1.67. The van der Waals surface area contributed by atoms with Gasteiger partial charge in [-0.05, 0) is 34.6 Å². The van der Waals surface area contributed by atoms with Gasteiger partial charge in [-0.3, -0.25) is 9.69 Å². The zero-order chi connectivity index (χ0) is 19.6. The van der Waals surface area contributed by atoms with Crippen LogP contribution in [0.4, 0.5) is 4.79 Å². The first-order valence-corrected chi connectivity index (χ1v) is 12.0. The number of carbonyl (C=O) groups is 2. The number of carbonyl (C=O) groups excluding carboxylic acids is 2. The van der Waals surface area contributed by atoms with Gasteiger partial charge in [0, 0.05) is 6.92 Å². The van der Waals surface area contributed by atoms with Gasteiger partial charge in [0.2, 0.25) is 0 Å². The first-order valence-electron chi connectivity index (χ1n) is 8.48. The van der Waals surface area contributed by atoms with E-state index in [-0.39, 0.29) is 6.61 Å². The molecule has 1 rings (SSSR count). The maximum Gasteiger partial charge on any atom is 0.413 e. The molecule has 0 aromatic rings. The molecule has 1 heterocycles. The fraction of sp³-hybridized carbons (Fsp3) is 0.778. The molecule has 1 aliphatic heterocycles. The average molecular weight is 370 g/mol. The van der Waals surface area contributed by atoms with Gasteiger partial charge in [0.05, 0.1) is 6.61 Å². The second-order valence-electron chi connectivity index (χ2n) is 8.72. The summed E-state index contributed by atoms with van der Waals surface area (Å²) in [6.45, 7) is 16.9. The molecule has 1 amide bonds. The van der Waals surface area contributed by atoms with E-state index in [1.807, 2.05) is 0 Å². The van der Waals surface area contributed by atoms with Gasteiger partial charge in [0.1, 0.15) is 25.4 Å². The van der Waals surface area contributed by atoms with Crippen molar-refractivity contribution in [2.75, 3.05) is 6.61 Å². The molecular formula is C18H31NO5Si. The van der Waals surface area contributed by atoms with E-state index < -0.39 is 43.6 Å². The predicted octanol–water partition coefficient (Wildman–Crippen LogP) is 3.17. The van der Waals surface area contributed by atoms with Crippen LogP contribution in [0.15, 0.2) is 0 Å². The Kier molecular flexibility index (Phi) is 6.35. The van der Waals surface area contributed by atoms with Crippen molar-refractivity contribution in [2.45, 2.75) is 84.7 Å². The zero-order valence-corrected chi connectivity index (χ0v) is 17.9. The van der Waals surface area contributed by atoms with Crippen LogP contribution in [0, 0.1) is 11.5 Å². The van der Waals surface area contributed by atoms with Gasteiger partial charge in [-0.1, -0.05) is 25.6 Å². The normalized spacial score (nSPS) is 21.2. The molecule has 142 valence electrons. The Morgan fingerprint density at radius 3 is 2.28 bits per heavy atom. The number of hydrogen-bond donors (Lipinski definition) is 0. The quantitative estimate of drug-likeness (QED) is 0.425. The summed E-state index contributed by atoms with van der Waals surface area (Å²) in [6, 6.07) is -0.516. The number of esters is 1. The highest BCUT2D eigenvalue weighted by Gasteiger charge is 2.49. The van der Waals surface area contributed by atoms with Crippen molar-refractivity contribution in [3.05, 3.63) is 0 Å². The summed E-state index contributed by atoms with van der Waals surface area (Å²) in [5, 5.41) is 0. The van der Waals surface area contributed by atoms with Crippen LogP contribution in [0.2, 0.25) is 19.6 Å². The van der Waals surface area contributed by atoms with Crippen LogP contribution < -0.4 is 0 Å². The molecule has 1 saturated heterocycles. The van der Waals surface area contributed by atoms with Crippen LogP contribution in [0.25, 0.3) is 0 Å². The van der Waals surface area contributed by atoms with Crippen molar-refractivity contribution >= 4 is 20.1 Å². The minimum absolute atomic E-state index is 0.227. The van der Waals surface area contributed by atoms with Gasteiger partial charge < -0.3 is 14.2 Å². The summed E-state index contributed by atoms with van der Waals surface area (Å²) in [5.41, 5.74) is 1.71. The fourth-order valence-corrected chi connectivity index (χ4v) is 2.97. The molecule has 0 N–H and O–H groups in total. The highest BCUT2D eigenvalue weighted by Crippen LogP contribution is 2.31. The van der Waals surface area contributed by atoms with Crippen molar-refractivity contribution in [3.63, 3.8) is 0 Å². The summed E-state index contributed by atoms with van der Waals surface area (Å²) < 4.78 is 16.7. The first-order chi connectivity index (χ1) is 11.1. The second kappa shape index (κ2) is 7.38. The molecule has 1 fully saturated rings. The first kappa shape index (κ1) is 21.5. The summed E-state index contributed by atoms with van der Waals surface area (Å²) in [6.07, 6.45) is -1.26. The summed E-state index contributed by atoms with van der Waals surface area (Å²) >= 11 is 0. The van der Waals surface area contributed by atoms with Crippen molar-refractivity contribution in [3.8, 4) is 11.5 Å². The molecule has 0 aromatic heterocycles. The van der Waals surface area contributed by atoms with E-state index in [2.05, 4.69) is 31.1 Å². The number of ether oxygens (including phenoxy) is 3. The van der Waals surface area contributed by atoms with E-state index in [9.17, 15) is 9.59 Å². The van der Waals surface area contributed by atoms with Crippen LogP contribution in [0.5, 0.6) is 0 Å². The Hall–Kier alpha value is -1.52. The third-order valence-corrected chi connectivity index (χ3v) is 4.24. The largest absolute Gasteiger partial charge is 0.447 e. The minimum atomic E-state index is -1.67. The van der Waals surface area contributed by atoms with Gasteiger partial charge in [-0.2, -0.15) is 0 Å². The zero-order valence-electron chi connectivity index (χ0n) is 16.9. The highest BCUT2D eigenvalue weighted by molar-refractivity contribution is 6.83. The molecule has 2 atom stereocenters. The van der Waals surface area contributed by atoms with Gasteiger partial charge >= 0.3 is 12.1 Å². The van der Waals surface area contributed by atoms with E-state index >= 15 is 0 Å². The molecule has 1 aliphatic rings. The van der Waals surface area contributed by atoms with E-state index in [0.29, 0.717) is 0 Å². The molecule has 0 aromatic carbocycles. The van der Waals surface area contributed by atoms with Crippen LogP contribution in [0.3, 0.4) is 0 Å². The molecular weight excluding hydrogens is 338 g/mol. The molecule has 0 bridgehead atoms. The Morgan fingerprint density at radius 2 is 1.84 bits per heavy atom. The lowest BCUT2D eigenvalue weighted by molar-refractivity contribution is -0.146. The molecule has 0 saturated carbocycles. The highest BCUT2D eigenvalue weighted by atomic mass is 28.3. The van der Waals surface area contributed by atoms with E-state index in [1.165, 1.54) is 11.8 Å².